The normalized spacial score (nSPS) is 13.5. The van der Waals surface area contributed by atoms with Crippen molar-refractivity contribution in [2.75, 3.05) is 7.11 Å². The lowest BCUT2D eigenvalue weighted by atomic mass is 9.76. The SMILES string of the molecule is COc1ccc(OC2=COC=CB2)cc1. The maximum Gasteiger partial charge on any atom is 0.237 e. The molecule has 1 heterocycles. The molecule has 0 aliphatic carbocycles. The second kappa shape index (κ2) is 4.60. The van der Waals surface area contributed by atoms with Crippen LogP contribution in [0.4, 0.5) is 0 Å². The Kier molecular flexibility index (Phi) is 2.97. The Hall–Kier alpha value is -1.84. The summed E-state index contributed by atoms with van der Waals surface area (Å²) < 4.78 is 15.6. The summed E-state index contributed by atoms with van der Waals surface area (Å²) >= 11 is 0. The molecule has 1 aromatic rings. The van der Waals surface area contributed by atoms with Gasteiger partial charge in [-0.15, -0.1) is 0 Å². The van der Waals surface area contributed by atoms with Crippen molar-refractivity contribution in [3.63, 3.8) is 0 Å². The molecule has 3 nitrogen and oxygen atoms in total. The summed E-state index contributed by atoms with van der Waals surface area (Å²) in [7, 11) is 2.39. The molecule has 1 aliphatic rings. The smallest absolute Gasteiger partial charge is 0.237 e. The molecule has 0 saturated carbocycles. The van der Waals surface area contributed by atoms with Gasteiger partial charge in [0, 0.05) is 0 Å². The summed E-state index contributed by atoms with van der Waals surface area (Å²) in [5.41, 5.74) is 0.794. The van der Waals surface area contributed by atoms with Crippen LogP contribution in [-0.4, -0.2) is 14.4 Å². The largest absolute Gasteiger partial charge is 0.497 e. The van der Waals surface area contributed by atoms with Gasteiger partial charge >= 0.3 is 0 Å². The first-order valence-electron chi connectivity index (χ1n) is 4.70. The molecule has 0 aromatic heterocycles. The van der Waals surface area contributed by atoms with Gasteiger partial charge in [0.05, 0.1) is 19.0 Å². The topological polar surface area (TPSA) is 27.7 Å². The number of hydrogen-bond donors (Lipinski definition) is 0. The lowest BCUT2D eigenvalue weighted by molar-refractivity contribution is 0.358. The molecule has 1 aliphatic heterocycles. The second-order valence-corrected chi connectivity index (χ2v) is 3.07. The molecule has 0 saturated heterocycles. The van der Waals surface area contributed by atoms with Crippen molar-refractivity contribution in [2.24, 2.45) is 0 Å². The zero-order chi connectivity index (χ0) is 10.5. The molecule has 2 rings (SSSR count). The molecule has 0 radical (unpaired) electrons. The molecule has 0 amide bonds. The van der Waals surface area contributed by atoms with Gasteiger partial charge in [-0.25, -0.2) is 0 Å². The number of methoxy groups -OCH3 is 1. The van der Waals surface area contributed by atoms with Gasteiger partial charge in [-0.05, 0) is 24.3 Å². The van der Waals surface area contributed by atoms with Crippen molar-refractivity contribution in [3.05, 3.63) is 48.4 Å². The van der Waals surface area contributed by atoms with Crippen LogP contribution in [0, 0.1) is 0 Å². The lowest BCUT2D eigenvalue weighted by Crippen LogP contribution is -2.05. The molecule has 4 heteroatoms. The summed E-state index contributed by atoms with van der Waals surface area (Å²) in [5.74, 6) is 3.50. The molecular weight excluding hydrogens is 191 g/mol. The number of rotatable bonds is 3. The van der Waals surface area contributed by atoms with E-state index in [1.54, 1.807) is 19.6 Å². The highest BCUT2D eigenvalue weighted by molar-refractivity contribution is 6.50. The number of ether oxygens (including phenoxy) is 3. The summed E-state index contributed by atoms with van der Waals surface area (Å²) in [6.07, 6.45) is 3.24. The van der Waals surface area contributed by atoms with Crippen LogP contribution in [0.15, 0.2) is 48.4 Å². The molecule has 0 spiro atoms. The van der Waals surface area contributed by atoms with Gasteiger partial charge in [0.15, 0.2) is 0 Å². The second-order valence-electron chi connectivity index (χ2n) is 3.07. The quantitative estimate of drug-likeness (QED) is 0.699. The fourth-order valence-electron chi connectivity index (χ4n) is 1.24. The highest BCUT2D eigenvalue weighted by Crippen LogP contribution is 2.19. The van der Waals surface area contributed by atoms with Gasteiger partial charge < -0.3 is 14.2 Å². The van der Waals surface area contributed by atoms with Crippen LogP contribution in [0.2, 0.25) is 0 Å². The van der Waals surface area contributed by atoms with Crippen LogP contribution in [0.1, 0.15) is 0 Å². The van der Waals surface area contributed by atoms with E-state index in [1.807, 2.05) is 30.2 Å². The minimum Gasteiger partial charge on any atom is -0.497 e. The zero-order valence-electron chi connectivity index (χ0n) is 8.47. The standard InChI is InChI=1S/C11H11BO3/c1-13-9-2-4-10(5-3-9)15-11-8-14-7-6-12-11/h2-8,12H,1H3. The Morgan fingerprint density at radius 2 is 1.87 bits per heavy atom. The van der Waals surface area contributed by atoms with Crippen molar-refractivity contribution in [1.82, 2.24) is 0 Å². The first-order valence-corrected chi connectivity index (χ1v) is 4.70. The van der Waals surface area contributed by atoms with Crippen LogP contribution >= 0.6 is 0 Å². The first-order chi connectivity index (χ1) is 7.38. The Morgan fingerprint density at radius 3 is 2.47 bits per heavy atom. The highest BCUT2D eigenvalue weighted by Gasteiger charge is 2.04. The third-order valence-electron chi connectivity index (χ3n) is 2.00. The highest BCUT2D eigenvalue weighted by atomic mass is 16.5. The minimum atomic E-state index is 0.756. The maximum atomic E-state index is 5.58. The van der Waals surface area contributed by atoms with E-state index in [0.29, 0.717) is 0 Å². The third kappa shape index (κ3) is 2.56. The average molecular weight is 202 g/mol. The van der Waals surface area contributed by atoms with E-state index in [2.05, 4.69) is 0 Å². The fourth-order valence-corrected chi connectivity index (χ4v) is 1.24. The number of benzene rings is 1. The van der Waals surface area contributed by atoms with Gasteiger partial charge in [0.25, 0.3) is 0 Å². The monoisotopic (exact) mass is 202 g/mol. The number of hydrogen-bond acceptors (Lipinski definition) is 3. The van der Waals surface area contributed by atoms with Gasteiger partial charge in [0.1, 0.15) is 17.8 Å². The van der Waals surface area contributed by atoms with Crippen LogP contribution in [0.5, 0.6) is 11.5 Å². The van der Waals surface area contributed by atoms with E-state index >= 15 is 0 Å². The summed E-state index contributed by atoms with van der Waals surface area (Å²) in [6, 6.07) is 7.43. The first kappa shape index (κ1) is 9.71. The molecule has 1 aromatic carbocycles. The molecule has 15 heavy (non-hydrogen) atoms. The van der Waals surface area contributed by atoms with E-state index < -0.39 is 0 Å². The Morgan fingerprint density at radius 1 is 1.13 bits per heavy atom. The van der Waals surface area contributed by atoms with Gasteiger partial charge in [-0.1, -0.05) is 5.98 Å². The van der Waals surface area contributed by atoms with Crippen LogP contribution in [0.3, 0.4) is 0 Å². The van der Waals surface area contributed by atoms with E-state index in [9.17, 15) is 0 Å². The average Bonchev–Trinajstić information content (AvgIpc) is 2.31. The molecule has 0 atom stereocenters. The van der Waals surface area contributed by atoms with Gasteiger partial charge in [0.2, 0.25) is 7.28 Å². The summed E-state index contributed by atoms with van der Waals surface area (Å²) in [5, 5.41) is 0. The van der Waals surface area contributed by atoms with Crippen molar-refractivity contribution in [1.29, 1.82) is 0 Å². The Bertz CT molecular complexity index is 381. The predicted octanol–water partition coefficient (Wildman–Crippen LogP) is 1.81. The van der Waals surface area contributed by atoms with Crippen molar-refractivity contribution in [3.8, 4) is 11.5 Å². The van der Waals surface area contributed by atoms with E-state index in [-0.39, 0.29) is 0 Å². The van der Waals surface area contributed by atoms with Crippen molar-refractivity contribution >= 4 is 7.28 Å². The third-order valence-corrected chi connectivity index (χ3v) is 2.00. The minimum absolute atomic E-state index is 0.756. The van der Waals surface area contributed by atoms with Crippen LogP contribution in [0.25, 0.3) is 0 Å². The summed E-state index contributed by atoms with van der Waals surface area (Å²) in [6.45, 7) is 0. The van der Waals surface area contributed by atoms with E-state index in [0.717, 1.165) is 24.4 Å². The summed E-state index contributed by atoms with van der Waals surface area (Å²) in [4.78, 5) is 0. The molecule has 0 bridgehead atoms. The predicted molar refractivity (Wildman–Crippen MR) is 59.1 cm³/mol. The van der Waals surface area contributed by atoms with E-state index in [4.69, 9.17) is 14.2 Å². The van der Waals surface area contributed by atoms with Crippen LogP contribution < -0.4 is 9.47 Å². The molecular formula is C11H11BO3. The van der Waals surface area contributed by atoms with Gasteiger partial charge in [-0.3, -0.25) is 0 Å². The van der Waals surface area contributed by atoms with Crippen molar-refractivity contribution < 1.29 is 14.2 Å². The van der Waals surface area contributed by atoms with Crippen LogP contribution in [-0.2, 0) is 4.74 Å². The van der Waals surface area contributed by atoms with Gasteiger partial charge in [-0.2, -0.15) is 0 Å². The Labute approximate surface area is 89.2 Å². The lowest BCUT2D eigenvalue weighted by Gasteiger charge is -2.10. The van der Waals surface area contributed by atoms with E-state index in [1.165, 1.54) is 0 Å². The maximum absolute atomic E-state index is 5.58. The molecule has 0 N–H and O–H groups in total. The molecule has 0 unspecified atom stereocenters. The fraction of sp³-hybridized carbons (Fsp3) is 0.0909. The van der Waals surface area contributed by atoms with Crippen molar-refractivity contribution in [2.45, 2.75) is 0 Å². The molecule has 0 fully saturated rings. The molecule has 76 valence electrons. The Balaban J connectivity index is 2.01. The zero-order valence-corrected chi connectivity index (χ0v) is 8.47.